The van der Waals surface area contributed by atoms with Crippen molar-refractivity contribution in [3.63, 3.8) is 0 Å². The summed E-state index contributed by atoms with van der Waals surface area (Å²) in [5, 5.41) is 13.0. The Morgan fingerprint density at radius 2 is 2.24 bits per heavy atom. The Morgan fingerprint density at radius 3 is 2.84 bits per heavy atom. The predicted octanol–water partition coefficient (Wildman–Crippen LogP) is 1.69. The third kappa shape index (κ3) is 5.76. The van der Waals surface area contributed by atoms with Crippen molar-refractivity contribution in [3.8, 4) is 5.75 Å². The second-order valence-electron chi connectivity index (χ2n) is 6.08. The summed E-state index contributed by atoms with van der Waals surface area (Å²) in [7, 11) is 0. The van der Waals surface area contributed by atoms with Gasteiger partial charge in [-0.2, -0.15) is 0 Å². The zero-order valence-corrected chi connectivity index (χ0v) is 18.5. The second-order valence-corrected chi connectivity index (χ2v) is 6.08. The Morgan fingerprint density at radius 1 is 1.48 bits per heavy atom. The van der Waals surface area contributed by atoms with Crippen molar-refractivity contribution in [2.24, 2.45) is 0 Å². The normalized spacial score (nSPS) is 20.8. The van der Waals surface area contributed by atoms with Crippen molar-refractivity contribution in [1.82, 2.24) is 5.32 Å². The first-order valence-corrected chi connectivity index (χ1v) is 8.03. The van der Waals surface area contributed by atoms with Crippen LogP contribution in [0.1, 0.15) is 12.8 Å². The van der Waals surface area contributed by atoms with E-state index in [1.54, 1.807) is 6.07 Å². The molecule has 1 saturated carbocycles. The molecular formula is C16H21AcFN3O4-. The molecule has 1 amide bonds. The molecule has 0 bridgehead atoms. The molecule has 1 unspecified atom stereocenters. The van der Waals surface area contributed by atoms with Crippen molar-refractivity contribution >= 4 is 11.8 Å². The van der Waals surface area contributed by atoms with E-state index < -0.39 is 24.1 Å². The molecule has 0 spiro atoms. The molecule has 2 fully saturated rings. The standard InChI is InChI=1S/C16H21FN3O4.Ac/c17-14-5-11(20-8-13(6-18)24-16(20)22)3-4-15(14)23-9-12(21)7-19-10-1-2-10;/h3-5,10,12-13,18-19,21H,1-2,6-9H2;/q-1;/t12?,13-;/m0./s1. The fourth-order valence-corrected chi connectivity index (χ4v) is 2.45. The number of benzene rings is 1. The van der Waals surface area contributed by atoms with Crippen molar-refractivity contribution in [2.45, 2.75) is 31.1 Å². The Bertz CT molecular complexity index is 603. The summed E-state index contributed by atoms with van der Waals surface area (Å²) in [5.41, 5.74) is 7.61. The van der Waals surface area contributed by atoms with Gasteiger partial charge in [0.05, 0.1) is 12.2 Å². The molecule has 25 heavy (non-hydrogen) atoms. The van der Waals surface area contributed by atoms with E-state index in [9.17, 15) is 14.3 Å². The Labute approximate surface area is 181 Å². The zero-order valence-electron chi connectivity index (χ0n) is 13.8. The molecule has 1 heterocycles. The number of halogens is 1. The molecule has 3 rings (SSSR count). The maximum Gasteiger partial charge on any atom is 0.414 e. The third-order valence-corrected chi connectivity index (χ3v) is 3.98. The van der Waals surface area contributed by atoms with Crippen molar-refractivity contribution in [2.75, 3.05) is 31.1 Å². The molecule has 2 aliphatic rings. The van der Waals surface area contributed by atoms with Crippen LogP contribution in [0.15, 0.2) is 18.2 Å². The van der Waals surface area contributed by atoms with Crippen molar-refractivity contribution in [1.29, 1.82) is 0 Å². The van der Waals surface area contributed by atoms with E-state index in [4.69, 9.17) is 15.2 Å². The molecule has 3 N–H and O–H groups in total. The molecule has 0 aromatic heterocycles. The molecule has 1 aromatic carbocycles. The number of aliphatic hydroxyl groups excluding tert-OH is 1. The third-order valence-electron chi connectivity index (χ3n) is 3.98. The number of carbonyl (C=O) groups excluding carboxylic acids is 1. The number of cyclic esters (lactones) is 1. The number of rotatable bonds is 8. The van der Waals surface area contributed by atoms with Gasteiger partial charge >= 0.3 is 6.09 Å². The van der Waals surface area contributed by atoms with Crippen molar-refractivity contribution < 1.29 is 67.8 Å². The fourth-order valence-electron chi connectivity index (χ4n) is 2.45. The molecule has 1 saturated heterocycles. The smallest absolute Gasteiger partial charge is 0.414 e. The average molecular weight is 565 g/mol. The largest absolute Gasteiger partial charge is 0.674 e. The number of aliphatic hydroxyl groups is 1. The predicted molar refractivity (Wildman–Crippen MR) is 85.7 cm³/mol. The van der Waals surface area contributed by atoms with Crippen LogP contribution < -0.4 is 15.0 Å². The first kappa shape index (κ1) is 20.8. The van der Waals surface area contributed by atoms with Gasteiger partial charge in [-0.15, -0.1) is 6.54 Å². The molecule has 1 aliphatic carbocycles. The fraction of sp³-hybridized carbons (Fsp3) is 0.562. The van der Waals surface area contributed by atoms with Crippen LogP contribution in [0.3, 0.4) is 0 Å². The molecule has 135 valence electrons. The van der Waals surface area contributed by atoms with E-state index in [0.717, 1.165) is 12.8 Å². The van der Waals surface area contributed by atoms with Crippen LogP contribution in [0.5, 0.6) is 5.75 Å². The van der Waals surface area contributed by atoms with Crippen LogP contribution in [0.2, 0.25) is 0 Å². The van der Waals surface area contributed by atoms with Gasteiger partial charge in [0.15, 0.2) is 11.6 Å². The van der Waals surface area contributed by atoms with E-state index in [2.05, 4.69) is 5.32 Å². The minimum absolute atomic E-state index is 0. The van der Waals surface area contributed by atoms with Gasteiger partial charge in [-0.3, -0.25) is 4.90 Å². The summed E-state index contributed by atoms with van der Waals surface area (Å²) in [5.74, 6) is -0.592. The van der Waals surface area contributed by atoms with Gasteiger partial charge in [0.25, 0.3) is 0 Å². The van der Waals surface area contributed by atoms with E-state index in [-0.39, 0.29) is 69.5 Å². The van der Waals surface area contributed by atoms with E-state index in [1.807, 2.05) is 0 Å². The number of hydrogen-bond acceptors (Lipinski definition) is 5. The Hall–Kier alpha value is -0.458. The summed E-state index contributed by atoms with van der Waals surface area (Å²) in [4.78, 5) is 13.0. The van der Waals surface area contributed by atoms with Gasteiger partial charge in [0, 0.05) is 62.7 Å². The van der Waals surface area contributed by atoms with Gasteiger partial charge in [-0.05, 0) is 25.0 Å². The minimum atomic E-state index is -0.712. The minimum Gasteiger partial charge on any atom is -0.674 e. The summed E-state index contributed by atoms with van der Waals surface area (Å²) < 4.78 is 24.4. The van der Waals surface area contributed by atoms with E-state index >= 15 is 0 Å². The maximum atomic E-state index is 14.1. The van der Waals surface area contributed by atoms with Gasteiger partial charge in [-0.1, -0.05) is 0 Å². The maximum absolute atomic E-state index is 14.1. The van der Waals surface area contributed by atoms with Crippen LogP contribution in [0.25, 0.3) is 5.73 Å². The number of nitrogens with zero attached hydrogens (tertiary/aromatic N) is 1. The van der Waals surface area contributed by atoms with Gasteiger partial charge in [0.2, 0.25) is 0 Å². The zero-order chi connectivity index (χ0) is 17.1. The average Bonchev–Trinajstić information content (AvgIpc) is 3.32. The Kier molecular flexibility index (Phi) is 7.90. The van der Waals surface area contributed by atoms with Crippen molar-refractivity contribution in [3.05, 3.63) is 29.7 Å². The van der Waals surface area contributed by atoms with Gasteiger partial charge < -0.3 is 25.6 Å². The summed E-state index contributed by atoms with van der Waals surface area (Å²) in [6.45, 7) is 0.605. The summed E-state index contributed by atoms with van der Waals surface area (Å²) in [6.07, 6.45) is 0.469. The summed E-state index contributed by atoms with van der Waals surface area (Å²) >= 11 is 0. The molecule has 7 nitrogen and oxygen atoms in total. The van der Waals surface area contributed by atoms with Crippen LogP contribution in [0, 0.1) is 49.9 Å². The Balaban J connectivity index is 0.00000225. The number of carbonyl (C=O) groups is 1. The molecule has 1 aliphatic heterocycles. The second kappa shape index (κ2) is 9.47. The molecule has 1 aromatic rings. The topological polar surface area (TPSA) is 94.8 Å². The van der Waals surface area contributed by atoms with Gasteiger partial charge in [-0.25, -0.2) is 9.18 Å². The van der Waals surface area contributed by atoms with Crippen LogP contribution in [-0.4, -0.2) is 55.7 Å². The van der Waals surface area contributed by atoms with Crippen LogP contribution >= 0.6 is 0 Å². The monoisotopic (exact) mass is 565 g/mol. The SMILES string of the molecule is [Ac].[NH-]C[C@H]1CN(c2ccc(OCC(O)CNC3CC3)c(F)c2)C(=O)O1. The number of ether oxygens (including phenoxy) is 2. The van der Waals surface area contributed by atoms with Gasteiger partial charge in [0.1, 0.15) is 18.8 Å². The molecule has 2 atom stereocenters. The quantitative estimate of drug-likeness (QED) is 0.501. The molecule has 1 radical (unpaired) electrons. The number of amides is 1. The van der Waals surface area contributed by atoms with Crippen LogP contribution in [-0.2, 0) is 4.74 Å². The van der Waals surface area contributed by atoms with E-state index in [1.165, 1.54) is 17.0 Å². The molecule has 9 heteroatoms. The number of anilines is 1. The van der Waals surface area contributed by atoms with E-state index in [0.29, 0.717) is 18.3 Å². The molecular weight excluding hydrogens is 544 g/mol. The first-order valence-electron chi connectivity index (χ1n) is 8.03. The first-order chi connectivity index (χ1) is 11.6. The number of nitrogens with one attached hydrogen (secondary N) is 2. The number of hydrogen-bond donors (Lipinski definition) is 2. The van der Waals surface area contributed by atoms with Crippen LogP contribution in [0.4, 0.5) is 14.9 Å². The summed E-state index contributed by atoms with van der Waals surface area (Å²) in [6, 6.07) is 4.66.